The van der Waals surface area contributed by atoms with Crippen molar-refractivity contribution in [3.8, 4) is 0 Å². The first-order valence-corrected chi connectivity index (χ1v) is 6.33. The maximum atomic E-state index is 12.6. The highest BCUT2D eigenvalue weighted by atomic mass is 19.4. The standard InChI is InChI=1S/C15H10BF6/c17-14(18,19)11-6-4-10(5-7-11)9-16-13-3-1-2-12(8-13)15(20,21)22/h1-8H,9H2. The summed E-state index contributed by atoms with van der Waals surface area (Å²) in [5.41, 5.74) is -0.552. The van der Waals surface area contributed by atoms with Gasteiger partial charge in [0.05, 0.1) is 11.1 Å². The van der Waals surface area contributed by atoms with Gasteiger partial charge in [-0.2, -0.15) is 26.3 Å². The van der Waals surface area contributed by atoms with E-state index in [-0.39, 0.29) is 6.32 Å². The van der Waals surface area contributed by atoms with Crippen LogP contribution in [-0.2, 0) is 18.7 Å². The predicted octanol–water partition coefficient (Wildman–Crippen LogP) is 4.25. The Bertz CT molecular complexity index is 628. The average molecular weight is 315 g/mol. The molecule has 0 aliphatic carbocycles. The van der Waals surface area contributed by atoms with Gasteiger partial charge in [-0.05, 0) is 18.5 Å². The van der Waals surface area contributed by atoms with Crippen molar-refractivity contribution < 1.29 is 26.3 Å². The normalized spacial score (nSPS) is 12.3. The molecule has 0 amide bonds. The topological polar surface area (TPSA) is 0 Å². The Hall–Kier alpha value is -1.92. The molecule has 2 aromatic rings. The van der Waals surface area contributed by atoms with Gasteiger partial charge in [0.1, 0.15) is 0 Å². The first kappa shape index (κ1) is 16.5. The fraction of sp³-hybridized carbons (Fsp3) is 0.200. The van der Waals surface area contributed by atoms with Crippen molar-refractivity contribution in [2.45, 2.75) is 18.7 Å². The number of hydrogen-bond donors (Lipinski definition) is 0. The number of alkyl halides is 6. The third kappa shape index (κ3) is 4.29. The minimum atomic E-state index is -4.42. The van der Waals surface area contributed by atoms with Gasteiger partial charge < -0.3 is 0 Å². The molecule has 0 aliphatic heterocycles. The third-order valence-electron chi connectivity index (χ3n) is 3.07. The van der Waals surface area contributed by atoms with E-state index >= 15 is 0 Å². The quantitative estimate of drug-likeness (QED) is 0.587. The van der Waals surface area contributed by atoms with Crippen molar-refractivity contribution in [1.29, 1.82) is 0 Å². The van der Waals surface area contributed by atoms with Crippen LogP contribution in [0.5, 0.6) is 0 Å². The van der Waals surface area contributed by atoms with Crippen LogP contribution >= 0.6 is 0 Å². The van der Waals surface area contributed by atoms with E-state index < -0.39 is 23.5 Å². The van der Waals surface area contributed by atoms with Crippen molar-refractivity contribution >= 4 is 12.7 Å². The molecule has 115 valence electrons. The van der Waals surface area contributed by atoms with Crippen LogP contribution in [0, 0.1) is 0 Å². The highest BCUT2D eigenvalue weighted by molar-refractivity contribution is 6.52. The second-order valence-corrected chi connectivity index (χ2v) is 4.73. The Labute approximate surface area is 124 Å². The second-order valence-electron chi connectivity index (χ2n) is 4.73. The van der Waals surface area contributed by atoms with Crippen molar-refractivity contribution in [3.05, 3.63) is 65.2 Å². The molecule has 0 saturated heterocycles. The number of benzene rings is 2. The Morgan fingerprint density at radius 2 is 1.32 bits per heavy atom. The molecule has 0 spiro atoms. The van der Waals surface area contributed by atoms with Gasteiger partial charge in [-0.3, -0.25) is 0 Å². The Morgan fingerprint density at radius 3 is 1.86 bits per heavy atom. The van der Waals surface area contributed by atoms with Crippen molar-refractivity contribution in [1.82, 2.24) is 0 Å². The van der Waals surface area contributed by atoms with Gasteiger partial charge in [0.15, 0.2) is 7.28 Å². The highest BCUT2D eigenvalue weighted by Crippen LogP contribution is 2.29. The van der Waals surface area contributed by atoms with Crippen molar-refractivity contribution in [3.63, 3.8) is 0 Å². The van der Waals surface area contributed by atoms with Crippen LogP contribution in [0.15, 0.2) is 48.5 Å². The molecule has 0 bridgehead atoms. The van der Waals surface area contributed by atoms with Gasteiger partial charge in [0.2, 0.25) is 0 Å². The van der Waals surface area contributed by atoms with Gasteiger partial charge in [-0.1, -0.05) is 47.4 Å². The third-order valence-corrected chi connectivity index (χ3v) is 3.07. The van der Waals surface area contributed by atoms with Crippen LogP contribution in [0.2, 0.25) is 0 Å². The van der Waals surface area contributed by atoms with E-state index in [2.05, 4.69) is 0 Å². The molecule has 0 nitrogen and oxygen atoms in total. The number of rotatable bonds is 3. The molecule has 0 aliphatic rings. The minimum absolute atomic E-state index is 0.249. The van der Waals surface area contributed by atoms with Crippen molar-refractivity contribution in [2.24, 2.45) is 0 Å². The molecule has 7 heteroatoms. The maximum absolute atomic E-state index is 12.6. The smallest absolute Gasteiger partial charge is 0.166 e. The van der Waals surface area contributed by atoms with Crippen LogP contribution in [0.4, 0.5) is 26.3 Å². The first-order valence-electron chi connectivity index (χ1n) is 6.33. The summed E-state index contributed by atoms with van der Waals surface area (Å²) in [5.74, 6) is 0. The zero-order chi connectivity index (χ0) is 16.4. The molecule has 0 N–H and O–H groups in total. The lowest BCUT2D eigenvalue weighted by molar-refractivity contribution is -0.138. The van der Waals surface area contributed by atoms with E-state index in [9.17, 15) is 26.3 Å². The average Bonchev–Trinajstić information content (AvgIpc) is 2.44. The van der Waals surface area contributed by atoms with Gasteiger partial charge in [-0.15, -0.1) is 0 Å². The van der Waals surface area contributed by atoms with E-state index in [1.54, 1.807) is 0 Å². The fourth-order valence-corrected chi connectivity index (χ4v) is 1.91. The zero-order valence-electron chi connectivity index (χ0n) is 11.2. The minimum Gasteiger partial charge on any atom is -0.166 e. The Balaban J connectivity index is 2.04. The molecule has 2 aromatic carbocycles. The summed E-state index contributed by atoms with van der Waals surface area (Å²) in [5, 5.41) is 0. The van der Waals surface area contributed by atoms with E-state index in [1.165, 1.54) is 31.5 Å². The summed E-state index contributed by atoms with van der Waals surface area (Å²) in [6.45, 7) is 0. The molecule has 0 saturated carbocycles. The molecule has 0 heterocycles. The van der Waals surface area contributed by atoms with Gasteiger partial charge in [0, 0.05) is 0 Å². The molecule has 0 atom stereocenters. The SMILES string of the molecule is FC(F)(F)c1ccc(C[B]c2cccc(C(F)(F)F)c2)cc1. The van der Waals surface area contributed by atoms with Crippen LogP contribution in [0.25, 0.3) is 0 Å². The predicted molar refractivity (Wildman–Crippen MR) is 72.0 cm³/mol. The van der Waals surface area contributed by atoms with Gasteiger partial charge in [-0.25, -0.2) is 0 Å². The van der Waals surface area contributed by atoms with Crippen LogP contribution in [0.1, 0.15) is 16.7 Å². The van der Waals surface area contributed by atoms with Gasteiger partial charge in [0.25, 0.3) is 0 Å². The molecule has 22 heavy (non-hydrogen) atoms. The lowest BCUT2D eigenvalue weighted by Crippen LogP contribution is -2.19. The van der Waals surface area contributed by atoms with E-state index in [4.69, 9.17) is 0 Å². The lowest BCUT2D eigenvalue weighted by atomic mass is 9.65. The molecule has 1 radical (unpaired) electrons. The molecular formula is C15H10BF6. The summed E-state index contributed by atoms with van der Waals surface area (Å²) >= 11 is 0. The lowest BCUT2D eigenvalue weighted by Gasteiger charge is -2.09. The Kier molecular flexibility index (Phi) is 4.54. The van der Waals surface area contributed by atoms with E-state index in [1.807, 2.05) is 0 Å². The summed E-state index contributed by atoms with van der Waals surface area (Å²) < 4.78 is 74.9. The monoisotopic (exact) mass is 315 g/mol. The van der Waals surface area contributed by atoms with Crippen molar-refractivity contribution in [2.75, 3.05) is 0 Å². The fourth-order valence-electron chi connectivity index (χ4n) is 1.91. The van der Waals surface area contributed by atoms with Crippen LogP contribution in [0.3, 0.4) is 0 Å². The number of halogens is 6. The van der Waals surface area contributed by atoms with E-state index in [0.29, 0.717) is 11.0 Å². The molecule has 0 aromatic heterocycles. The van der Waals surface area contributed by atoms with Gasteiger partial charge >= 0.3 is 12.4 Å². The van der Waals surface area contributed by atoms with Crippen LogP contribution in [-0.4, -0.2) is 7.28 Å². The molecule has 0 unspecified atom stereocenters. The zero-order valence-corrected chi connectivity index (χ0v) is 11.2. The maximum Gasteiger partial charge on any atom is 0.416 e. The molecular weight excluding hydrogens is 305 g/mol. The first-order chi connectivity index (χ1) is 10.2. The Morgan fingerprint density at radius 1 is 0.727 bits per heavy atom. The molecule has 2 rings (SSSR count). The summed E-state index contributed by atoms with van der Waals surface area (Å²) in [7, 11) is 1.54. The summed E-state index contributed by atoms with van der Waals surface area (Å²) in [6, 6.07) is 9.31. The number of hydrogen-bond acceptors (Lipinski definition) is 0. The highest BCUT2D eigenvalue weighted by Gasteiger charge is 2.31. The second kappa shape index (κ2) is 6.06. The molecule has 0 fully saturated rings. The summed E-state index contributed by atoms with van der Waals surface area (Å²) in [6.07, 6.45) is -8.57. The van der Waals surface area contributed by atoms with Crippen LogP contribution < -0.4 is 5.46 Å². The largest absolute Gasteiger partial charge is 0.416 e. The van der Waals surface area contributed by atoms with E-state index in [0.717, 1.165) is 24.3 Å². The summed E-state index contributed by atoms with van der Waals surface area (Å²) in [4.78, 5) is 0.